The first-order chi connectivity index (χ1) is 29.7. The molecule has 22 nitrogen and oxygen atoms in total. The lowest BCUT2D eigenvalue weighted by molar-refractivity contribution is -0.757. The Balaban J connectivity index is 1.53. The molecule has 0 saturated heterocycles. The highest BCUT2D eigenvalue weighted by molar-refractivity contribution is 7.92. The third-order valence-corrected chi connectivity index (χ3v) is 10.0. The van der Waals surface area contributed by atoms with E-state index in [1.807, 2.05) is 13.8 Å². The maximum Gasteiger partial charge on any atom is 0.305 e. The van der Waals surface area contributed by atoms with Gasteiger partial charge in [-0.25, -0.2) is 23.4 Å². The fourth-order valence-corrected chi connectivity index (χ4v) is 6.45. The van der Waals surface area contributed by atoms with E-state index in [-0.39, 0.29) is 91.4 Å². The second-order valence-electron chi connectivity index (χ2n) is 13.8. The van der Waals surface area contributed by atoms with Crippen molar-refractivity contribution in [1.29, 1.82) is 0 Å². The van der Waals surface area contributed by atoms with Crippen LogP contribution >= 0.6 is 0 Å². The van der Waals surface area contributed by atoms with Crippen molar-refractivity contribution >= 4 is 27.8 Å². The highest BCUT2D eigenvalue weighted by atomic mass is 32.2. The molecule has 334 valence electrons. The normalized spacial score (nSPS) is 11.2. The van der Waals surface area contributed by atoms with Crippen molar-refractivity contribution in [3.63, 3.8) is 0 Å². The molecule has 0 saturated carbocycles. The molecule has 0 aliphatic carbocycles. The molecule has 0 atom stereocenters. The minimum atomic E-state index is -4.41. The van der Waals surface area contributed by atoms with Gasteiger partial charge in [-0.1, -0.05) is 51.0 Å². The predicted molar refractivity (Wildman–Crippen MR) is 217 cm³/mol. The summed E-state index contributed by atoms with van der Waals surface area (Å²) in [6.45, 7) is 3.05. The van der Waals surface area contributed by atoms with Gasteiger partial charge in [0.2, 0.25) is 11.6 Å². The summed E-state index contributed by atoms with van der Waals surface area (Å²) in [5, 5.41) is 18.8. The number of carbonyl (C=O) groups is 2. The van der Waals surface area contributed by atoms with Gasteiger partial charge < -0.3 is 33.4 Å². The second kappa shape index (κ2) is 23.8. The lowest BCUT2D eigenvalue weighted by atomic mass is 9.86. The molecule has 0 aliphatic heterocycles. The number of hydrogen-bond acceptors (Lipinski definition) is 19. The predicted octanol–water partition coefficient (Wildman–Crippen LogP) is 5.82. The number of methoxy groups -OCH3 is 1. The van der Waals surface area contributed by atoms with E-state index in [1.54, 1.807) is 42.5 Å². The third kappa shape index (κ3) is 15.6. The number of unbranched alkanes of at least 4 members (excludes halogenated alkanes) is 4. The second-order valence-corrected chi connectivity index (χ2v) is 15.5. The molecule has 62 heavy (non-hydrogen) atoms. The van der Waals surface area contributed by atoms with E-state index in [9.17, 15) is 38.2 Å². The van der Waals surface area contributed by atoms with Crippen LogP contribution in [0.5, 0.6) is 23.1 Å². The first kappa shape index (κ1) is 47.8. The number of hydrogen-bond donors (Lipinski definition) is 1. The lowest BCUT2D eigenvalue weighted by Gasteiger charge is -2.25. The molecule has 0 amide bonds. The fraction of sp³-hybridized carbons (Fsp3) is 0.436. The maximum atomic E-state index is 14.0. The van der Waals surface area contributed by atoms with Gasteiger partial charge in [0.1, 0.15) is 19.8 Å². The average Bonchev–Trinajstić information content (AvgIpc) is 3.25. The number of anilines is 1. The Morgan fingerprint density at radius 2 is 1.32 bits per heavy atom. The number of rotatable bonds is 28. The highest BCUT2D eigenvalue weighted by Gasteiger charge is 2.28. The zero-order valence-electron chi connectivity index (χ0n) is 34.3. The first-order valence-corrected chi connectivity index (χ1v) is 20.8. The number of para-hydroxylation sites is 2. The van der Waals surface area contributed by atoms with E-state index in [1.165, 1.54) is 31.6 Å². The number of aromatic nitrogens is 4. The molecule has 2 heterocycles. The van der Waals surface area contributed by atoms with Gasteiger partial charge in [-0.2, -0.15) is 4.98 Å². The van der Waals surface area contributed by atoms with Gasteiger partial charge >= 0.3 is 11.9 Å². The van der Waals surface area contributed by atoms with Crippen LogP contribution in [0.2, 0.25) is 0 Å². The van der Waals surface area contributed by atoms with E-state index < -0.39 is 37.6 Å². The van der Waals surface area contributed by atoms with E-state index in [0.717, 1.165) is 0 Å². The Kier molecular flexibility index (Phi) is 18.3. The zero-order chi connectivity index (χ0) is 45.0. The number of benzene rings is 2. The summed E-state index contributed by atoms with van der Waals surface area (Å²) in [6, 6.07) is 14.1. The number of nitrogens with zero attached hydrogens (tertiary/aromatic N) is 6. The number of ether oxygens (including phenoxy) is 5. The number of carbonyl (C=O) groups excluding carboxylic acids is 2. The monoisotopic (exact) mass is 885 g/mol. The van der Waals surface area contributed by atoms with Crippen LogP contribution < -0.4 is 18.9 Å². The fourth-order valence-electron chi connectivity index (χ4n) is 5.44. The van der Waals surface area contributed by atoms with E-state index in [4.69, 9.17) is 23.7 Å². The Hall–Kier alpha value is -6.91. The van der Waals surface area contributed by atoms with Gasteiger partial charge in [0.25, 0.3) is 26.1 Å². The van der Waals surface area contributed by atoms with Crippen LogP contribution in [0, 0.1) is 20.2 Å². The summed E-state index contributed by atoms with van der Waals surface area (Å²) in [5.74, 6) is -1.55. The molecule has 0 unspecified atom stereocenters. The lowest BCUT2D eigenvalue weighted by Crippen LogP contribution is -2.26. The van der Waals surface area contributed by atoms with Crippen molar-refractivity contribution in [1.82, 2.24) is 19.9 Å². The Morgan fingerprint density at radius 1 is 0.726 bits per heavy atom. The summed E-state index contributed by atoms with van der Waals surface area (Å²) in [4.78, 5) is 70.9. The zero-order valence-corrected chi connectivity index (χ0v) is 35.1. The summed E-state index contributed by atoms with van der Waals surface area (Å²) in [7, 11) is -3.00. The van der Waals surface area contributed by atoms with Crippen molar-refractivity contribution in [3.8, 4) is 34.8 Å². The molecule has 4 aromatic rings. The van der Waals surface area contributed by atoms with Crippen LogP contribution in [-0.4, -0.2) is 90.6 Å². The summed E-state index contributed by atoms with van der Waals surface area (Å²) in [5.41, 5.74) is -0.0418. The molecule has 4 rings (SSSR count). The van der Waals surface area contributed by atoms with Crippen LogP contribution in [0.3, 0.4) is 0 Å². The largest absolute Gasteiger partial charge is 0.493 e. The van der Waals surface area contributed by atoms with Gasteiger partial charge in [0, 0.05) is 30.7 Å². The number of esters is 2. The van der Waals surface area contributed by atoms with Crippen LogP contribution in [0.1, 0.15) is 70.8 Å². The molecule has 2 aromatic carbocycles. The molecule has 0 spiro atoms. The van der Waals surface area contributed by atoms with Crippen molar-refractivity contribution in [2.45, 2.75) is 75.5 Å². The first-order valence-electron chi connectivity index (χ1n) is 19.3. The van der Waals surface area contributed by atoms with E-state index in [2.05, 4.69) is 34.3 Å². The molecular formula is C39H47N7O15S. The van der Waals surface area contributed by atoms with Gasteiger partial charge in [0.05, 0.1) is 25.2 Å². The van der Waals surface area contributed by atoms with E-state index >= 15 is 0 Å². The Bertz CT molecular complexity index is 2210. The number of sulfonamides is 1. The van der Waals surface area contributed by atoms with Gasteiger partial charge in [-0.05, 0) is 61.6 Å². The summed E-state index contributed by atoms with van der Waals surface area (Å²) in [6.07, 6.45) is 5.80. The topological polar surface area (TPSA) is 283 Å². The smallest absolute Gasteiger partial charge is 0.305 e. The summed E-state index contributed by atoms with van der Waals surface area (Å²) >= 11 is 0. The van der Waals surface area contributed by atoms with Crippen LogP contribution in [0.15, 0.2) is 71.9 Å². The maximum absolute atomic E-state index is 14.0. The molecule has 0 bridgehead atoms. The molecule has 23 heteroatoms. The molecule has 2 aromatic heterocycles. The average molecular weight is 886 g/mol. The standard InChI is InChI=1S/C39H47N7O15S/c1-39(2,27-58-33(48)16-7-5-11-24-60-46(51)52)28-17-19-29(20-18-28)62(53,54)44-35-34(61-31-14-9-8-13-30(31)55-3)38(43-37(42-35)36-40-21-12-22-41-36)57-26-25-56-32(47)15-6-4-10-23-59-45(49)50/h8-9,12-14,17-22H,4-7,10-11,15-16,23-27H2,1-3H3,(H,42,43,44). The molecule has 0 aliphatic rings. The highest BCUT2D eigenvalue weighted by Crippen LogP contribution is 2.41. The van der Waals surface area contributed by atoms with Gasteiger partial charge in [0.15, 0.2) is 23.1 Å². The van der Waals surface area contributed by atoms with Crippen LogP contribution in [0.25, 0.3) is 11.6 Å². The van der Waals surface area contributed by atoms with Crippen molar-refractivity contribution in [2.24, 2.45) is 0 Å². The van der Waals surface area contributed by atoms with E-state index in [0.29, 0.717) is 44.1 Å². The number of nitrogens with one attached hydrogen (secondary N) is 1. The van der Waals surface area contributed by atoms with Crippen molar-refractivity contribution in [3.05, 3.63) is 92.8 Å². The Morgan fingerprint density at radius 3 is 1.92 bits per heavy atom. The molecular weight excluding hydrogens is 839 g/mol. The van der Waals surface area contributed by atoms with Crippen LogP contribution in [-0.2, 0) is 44.2 Å². The van der Waals surface area contributed by atoms with Crippen molar-refractivity contribution < 1.29 is 61.5 Å². The molecule has 1 N–H and O–H groups in total. The van der Waals surface area contributed by atoms with Crippen molar-refractivity contribution in [2.75, 3.05) is 44.9 Å². The third-order valence-electron chi connectivity index (χ3n) is 8.68. The van der Waals surface area contributed by atoms with Gasteiger partial charge in [-0.3, -0.25) is 14.3 Å². The summed E-state index contributed by atoms with van der Waals surface area (Å²) < 4.78 is 58.9. The minimum Gasteiger partial charge on any atom is -0.493 e. The Labute approximate surface area is 356 Å². The molecule has 0 radical (unpaired) electrons. The van der Waals surface area contributed by atoms with Crippen LogP contribution in [0.4, 0.5) is 5.82 Å². The quantitative estimate of drug-likeness (QED) is 0.0304. The minimum absolute atomic E-state index is 0.00113. The van der Waals surface area contributed by atoms with Gasteiger partial charge in [-0.15, -0.1) is 20.2 Å². The molecule has 0 fully saturated rings. The SMILES string of the molecule is COc1ccccc1Oc1c(NS(=O)(=O)c2ccc(C(C)(C)COC(=O)CCCCCO[N+](=O)[O-])cc2)nc(-c2ncccn2)nc1OCCOC(=O)CCCCCO[N+](=O)[O-].